The number of nitrogen functional groups attached to an aromatic ring is 1. The van der Waals surface area contributed by atoms with Crippen molar-refractivity contribution in [1.29, 1.82) is 0 Å². The molecule has 228 valence electrons. The van der Waals surface area contributed by atoms with Crippen molar-refractivity contribution in [3.05, 3.63) is 111 Å². The van der Waals surface area contributed by atoms with E-state index in [2.05, 4.69) is 0 Å². The number of anilines is 1. The molecule has 0 fully saturated rings. The van der Waals surface area contributed by atoms with Gasteiger partial charge < -0.3 is 24.7 Å². The van der Waals surface area contributed by atoms with Gasteiger partial charge in [-0.3, -0.25) is 14.4 Å². The lowest BCUT2D eigenvalue weighted by molar-refractivity contribution is -0.132. The largest absolute Gasteiger partial charge is 0.456 e. The molecule has 0 aromatic heterocycles. The van der Waals surface area contributed by atoms with E-state index in [-0.39, 0.29) is 39.7 Å². The third-order valence-corrected chi connectivity index (χ3v) is 7.16. The molecule has 0 amide bonds. The van der Waals surface area contributed by atoms with E-state index in [1.165, 1.54) is 56.3 Å². The van der Waals surface area contributed by atoms with Crippen molar-refractivity contribution in [1.82, 2.24) is 0 Å². The van der Waals surface area contributed by atoms with Gasteiger partial charge in [0.1, 0.15) is 28.6 Å². The minimum absolute atomic E-state index is 0.0187. The van der Waals surface area contributed by atoms with Crippen LogP contribution in [-0.2, 0) is 19.9 Å². The highest BCUT2D eigenvalue weighted by Crippen LogP contribution is 2.58. The van der Waals surface area contributed by atoms with Crippen molar-refractivity contribution in [3.8, 4) is 23.0 Å². The first-order valence-electron chi connectivity index (χ1n) is 12.8. The number of ether oxygens (including phenoxy) is 4. The number of esters is 3. The molecule has 0 bridgehead atoms. The highest BCUT2D eigenvalue weighted by Gasteiger charge is 2.55. The molecule has 0 unspecified atom stereocenters. The summed E-state index contributed by atoms with van der Waals surface area (Å²) in [6.07, 6.45) is 0. The Morgan fingerprint density at radius 2 is 1.18 bits per heavy atom. The number of halogens is 5. The number of benzene rings is 4. The van der Waals surface area contributed by atoms with Crippen molar-refractivity contribution in [3.63, 3.8) is 0 Å². The number of nitrogens with two attached hydrogens (primary N) is 1. The van der Waals surface area contributed by atoms with Crippen LogP contribution < -0.4 is 19.9 Å². The zero-order valence-electron chi connectivity index (χ0n) is 22.9. The summed E-state index contributed by atoms with van der Waals surface area (Å²) in [5.74, 6) is -15.8. The van der Waals surface area contributed by atoms with Crippen LogP contribution in [0.25, 0.3) is 0 Å². The van der Waals surface area contributed by atoms with Crippen LogP contribution >= 0.6 is 0 Å². The molecular weight excluding hydrogens is 609 g/mol. The summed E-state index contributed by atoms with van der Waals surface area (Å²) >= 11 is 0. The third-order valence-electron chi connectivity index (χ3n) is 7.16. The number of rotatable bonds is 4. The van der Waals surface area contributed by atoms with E-state index in [0.717, 1.165) is 6.07 Å². The molecule has 2 aliphatic heterocycles. The number of carbonyl (C=O) groups excluding carboxylic acids is 4. The van der Waals surface area contributed by atoms with Gasteiger partial charge in [-0.25, -0.2) is 26.7 Å². The van der Waals surface area contributed by atoms with E-state index in [9.17, 15) is 41.1 Å². The quantitative estimate of drug-likeness (QED) is 0.0585. The van der Waals surface area contributed by atoms with E-state index in [1.807, 2.05) is 0 Å². The fraction of sp³-hybridized carbons (Fsp3) is 0.0968. The molecule has 2 heterocycles. The molecule has 0 radical (unpaired) electrons. The Hall–Kier alpha value is -5.79. The predicted molar refractivity (Wildman–Crippen MR) is 141 cm³/mol. The van der Waals surface area contributed by atoms with Gasteiger partial charge in [0.15, 0.2) is 28.9 Å². The predicted octanol–water partition coefficient (Wildman–Crippen LogP) is 5.61. The van der Waals surface area contributed by atoms with E-state index < -0.39 is 80.8 Å². The van der Waals surface area contributed by atoms with Gasteiger partial charge >= 0.3 is 17.9 Å². The number of hydrogen-bond donors (Lipinski definition) is 1. The molecule has 14 heteroatoms. The fourth-order valence-corrected chi connectivity index (χ4v) is 5.39. The van der Waals surface area contributed by atoms with Crippen LogP contribution in [-0.4, -0.2) is 23.7 Å². The highest BCUT2D eigenvalue weighted by atomic mass is 19.2. The monoisotopic (exact) mass is 625 g/mol. The van der Waals surface area contributed by atoms with Crippen molar-refractivity contribution >= 4 is 29.4 Å². The minimum Gasteiger partial charge on any atom is -0.456 e. The summed E-state index contributed by atoms with van der Waals surface area (Å²) in [5, 5.41) is 0. The second kappa shape index (κ2) is 10.1. The molecule has 45 heavy (non-hydrogen) atoms. The average Bonchev–Trinajstić information content (AvgIpc) is 3.27. The molecule has 0 atom stereocenters. The molecule has 2 aliphatic rings. The van der Waals surface area contributed by atoms with Crippen molar-refractivity contribution in [2.75, 3.05) is 5.73 Å². The highest BCUT2D eigenvalue weighted by molar-refractivity contribution is 6.16. The minimum atomic E-state index is -2.46. The Kier molecular flexibility index (Phi) is 6.60. The lowest BCUT2D eigenvalue weighted by Crippen LogP contribution is -2.33. The molecule has 4 aromatic rings. The number of ketones is 1. The summed E-state index contributed by atoms with van der Waals surface area (Å²) in [7, 11) is 0. The number of hydrogen-bond acceptors (Lipinski definition) is 9. The van der Waals surface area contributed by atoms with Gasteiger partial charge in [0, 0.05) is 48.2 Å². The van der Waals surface area contributed by atoms with Crippen LogP contribution in [0.15, 0.2) is 48.5 Å². The Bertz CT molecular complexity index is 1950. The Labute approximate surface area is 248 Å². The number of fused-ring (bicyclic) bond motifs is 6. The zero-order chi connectivity index (χ0) is 32.5. The fourth-order valence-electron chi connectivity index (χ4n) is 5.39. The van der Waals surface area contributed by atoms with Gasteiger partial charge in [-0.2, -0.15) is 0 Å². The van der Waals surface area contributed by atoms with Gasteiger partial charge in [0.2, 0.25) is 11.6 Å². The summed E-state index contributed by atoms with van der Waals surface area (Å²) in [6, 6.07) is 10.4. The van der Waals surface area contributed by atoms with Gasteiger partial charge in [0.05, 0.1) is 11.3 Å². The van der Waals surface area contributed by atoms with Crippen LogP contribution in [0.1, 0.15) is 56.8 Å². The second-order valence-electron chi connectivity index (χ2n) is 9.90. The Morgan fingerprint density at radius 1 is 0.711 bits per heavy atom. The van der Waals surface area contributed by atoms with E-state index in [0.29, 0.717) is 0 Å². The van der Waals surface area contributed by atoms with Gasteiger partial charge in [-0.15, -0.1) is 0 Å². The Morgan fingerprint density at radius 3 is 1.67 bits per heavy atom. The normalized spacial score (nSPS) is 13.7. The van der Waals surface area contributed by atoms with Crippen LogP contribution in [0, 0.1) is 29.1 Å². The first-order valence-corrected chi connectivity index (χ1v) is 12.8. The SMILES string of the molecule is CC(=O)Oc1ccc2c(c1)Oc1cc(OC(C)=O)ccc1C21OC(=O)c2c1ccc(C(=O)c1c(F)c(F)c(F)c(F)c1F)c2N. The number of carbonyl (C=O) groups is 4. The molecule has 1 spiro atoms. The topological polar surface area (TPSA) is 131 Å². The van der Waals surface area contributed by atoms with E-state index in [4.69, 9.17) is 24.7 Å². The maximum atomic E-state index is 14.5. The van der Waals surface area contributed by atoms with Gasteiger partial charge in [-0.05, 0) is 30.3 Å². The van der Waals surface area contributed by atoms with Crippen LogP contribution in [0.2, 0.25) is 0 Å². The van der Waals surface area contributed by atoms with Crippen molar-refractivity contribution in [2.45, 2.75) is 19.4 Å². The summed E-state index contributed by atoms with van der Waals surface area (Å²) in [6.45, 7) is 2.34. The molecule has 2 N–H and O–H groups in total. The van der Waals surface area contributed by atoms with Crippen LogP contribution in [0.5, 0.6) is 23.0 Å². The molecule has 4 aromatic carbocycles. The summed E-state index contributed by atoms with van der Waals surface area (Å²) in [5.41, 5.74) is 1.13. The van der Waals surface area contributed by atoms with Crippen molar-refractivity contribution < 1.29 is 60.1 Å². The lowest BCUT2D eigenvalue weighted by atomic mass is 9.77. The standard InChI is InChI=1S/C31H16F5NO8/c1-11(38)42-13-3-6-16-19(9-13)44-20-10-14(43-12(2)39)4-7-17(20)31(16)18-8-5-15(28(37)21(18)30(41)45-31)29(40)22-23(32)25(34)27(36)26(35)24(22)33/h3-10H,37H2,1-2H3. The van der Waals surface area contributed by atoms with Gasteiger partial charge in [-0.1, -0.05) is 6.07 Å². The molecule has 9 nitrogen and oxygen atoms in total. The molecule has 6 rings (SSSR count). The molecule has 0 aliphatic carbocycles. The first kappa shape index (κ1) is 29.3. The first-order chi connectivity index (χ1) is 21.3. The molecule has 0 saturated heterocycles. The summed E-state index contributed by atoms with van der Waals surface area (Å²) in [4.78, 5) is 49.8. The summed E-state index contributed by atoms with van der Waals surface area (Å²) < 4.78 is 92.7. The molecular formula is C31H16F5NO8. The van der Waals surface area contributed by atoms with Gasteiger partial charge in [0.25, 0.3) is 0 Å². The maximum absolute atomic E-state index is 14.5. The van der Waals surface area contributed by atoms with Crippen LogP contribution in [0.3, 0.4) is 0 Å². The lowest BCUT2D eigenvalue weighted by Gasteiger charge is -2.36. The zero-order valence-corrected chi connectivity index (χ0v) is 22.9. The van der Waals surface area contributed by atoms with Crippen molar-refractivity contribution in [2.24, 2.45) is 0 Å². The second-order valence-corrected chi connectivity index (χ2v) is 9.90. The molecule has 0 saturated carbocycles. The maximum Gasteiger partial charge on any atom is 0.342 e. The smallest absolute Gasteiger partial charge is 0.342 e. The average molecular weight is 625 g/mol. The van der Waals surface area contributed by atoms with E-state index >= 15 is 0 Å². The third kappa shape index (κ3) is 4.28. The Balaban J connectivity index is 1.58. The van der Waals surface area contributed by atoms with E-state index in [1.54, 1.807) is 0 Å². The van der Waals surface area contributed by atoms with Crippen LogP contribution in [0.4, 0.5) is 27.6 Å².